The lowest BCUT2D eigenvalue weighted by Gasteiger charge is -2.35. The van der Waals surface area contributed by atoms with Crippen LogP contribution < -0.4 is 20.4 Å². The normalized spacial score (nSPS) is 12.8. The summed E-state index contributed by atoms with van der Waals surface area (Å²) in [7, 11) is 0. The Bertz CT molecular complexity index is 1140. The molecule has 0 radical (unpaired) electrons. The third-order valence-corrected chi connectivity index (χ3v) is 5.03. The lowest BCUT2D eigenvalue weighted by molar-refractivity contribution is -0.123. The van der Waals surface area contributed by atoms with Gasteiger partial charge >= 0.3 is 6.03 Å². The molecular formula is C24H21FN4O3. The topological polar surface area (TPSA) is 81.8 Å². The van der Waals surface area contributed by atoms with Gasteiger partial charge in [0.25, 0.3) is 0 Å². The maximum Gasteiger partial charge on any atom is 0.326 e. The Hall–Kier alpha value is -4.20. The third-order valence-electron chi connectivity index (χ3n) is 5.03. The summed E-state index contributed by atoms with van der Waals surface area (Å²) >= 11 is 0. The number of halogens is 1. The minimum absolute atomic E-state index is 0.189. The molecule has 32 heavy (non-hydrogen) atoms. The molecule has 8 heteroatoms. The van der Waals surface area contributed by atoms with Gasteiger partial charge < -0.3 is 10.6 Å². The zero-order valence-electron chi connectivity index (χ0n) is 17.1. The van der Waals surface area contributed by atoms with E-state index < -0.39 is 6.03 Å². The summed E-state index contributed by atoms with van der Waals surface area (Å²) < 4.78 is 13.0. The predicted molar refractivity (Wildman–Crippen MR) is 120 cm³/mol. The highest BCUT2D eigenvalue weighted by molar-refractivity contribution is 6.14. The first-order chi connectivity index (χ1) is 15.5. The number of hydrogen-bond donors (Lipinski definition) is 2. The number of anilines is 3. The van der Waals surface area contributed by atoms with Crippen molar-refractivity contribution in [3.8, 4) is 0 Å². The monoisotopic (exact) mass is 432 g/mol. The number of nitrogens with one attached hydrogen (secondary N) is 2. The molecule has 3 aromatic rings. The number of hydrogen-bond acceptors (Lipinski definition) is 3. The molecule has 4 amide bonds. The molecule has 1 aliphatic rings. The summed E-state index contributed by atoms with van der Waals surface area (Å²) in [6.07, 6.45) is 0. The zero-order chi connectivity index (χ0) is 22.5. The predicted octanol–water partition coefficient (Wildman–Crippen LogP) is 3.53. The first kappa shape index (κ1) is 21.0. The summed E-state index contributed by atoms with van der Waals surface area (Å²) in [6, 6.07) is 21.3. The molecule has 0 fully saturated rings. The van der Waals surface area contributed by atoms with Crippen LogP contribution in [0.15, 0.2) is 78.9 Å². The van der Waals surface area contributed by atoms with Gasteiger partial charge in [-0.15, -0.1) is 0 Å². The number of carbonyl (C=O) groups excluding carboxylic acids is 3. The molecule has 0 atom stereocenters. The quantitative estimate of drug-likeness (QED) is 0.647. The highest BCUT2D eigenvalue weighted by atomic mass is 19.1. The van der Waals surface area contributed by atoms with Gasteiger partial charge in [0.2, 0.25) is 11.8 Å². The molecule has 1 heterocycles. The Morgan fingerprint density at radius 1 is 0.875 bits per heavy atom. The van der Waals surface area contributed by atoms with E-state index in [2.05, 4.69) is 10.6 Å². The van der Waals surface area contributed by atoms with Gasteiger partial charge in [0.15, 0.2) is 0 Å². The molecule has 0 saturated heterocycles. The molecule has 0 aromatic heterocycles. The maximum absolute atomic E-state index is 13.0. The minimum Gasteiger partial charge on any atom is -0.350 e. The molecule has 0 spiro atoms. The van der Waals surface area contributed by atoms with Gasteiger partial charge in [-0.25, -0.2) is 9.18 Å². The van der Waals surface area contributed by atoms with E-state index in [1.807, 2.05) is 6.07 Å². The van der Waals surface area contributed by atoms with E-state index in [-0.39, 0.29) is 37.3 Å². The van der Waals surface area contributed by atoms with Crippen molar-refractivity contribution in [2.45, 2.75) is 6.54 Å². The van der Waals surface area contributed by atoms with Crippen LogP contribution in [-0.4, -0.2) is 30.9 Å². The van der Waals surface area contributed by atoms with E-state index in [9.17, 15) is 18.8 Å². The van der Waals surface area contributed by atoms with Crippen molar-refractivity contribution in [2.75, 3.05) is 28.2 Å². The summed E-state index contributed by atoms with van der Waals surface area (Å²) in [5, 5.41) is 5.52. The summed E-state index contributed by atoms with van der Waals surface area (Å²) in [4.78, 5) is 40.9. The molecule has 0 aliphatic carbocycles. The van der Waals surface area contributed by atoms with Gasteiger partial charge in [-0.2, -0.15) is 0 Å². The lowest BCUT2D eigenvalue weighted by Crippen LogP contribution is -2.51. The lowest BCUT2D eigenvalue weighted by atomic mass is 10.1. The average molecular weight is 432 g/mol. The van der Waals surface area contributed by atoms with Crippen LogP contribution in [0, 0.1) is 5.82 Å². The number of rotatable bonds is 5. The second kappa shape index (κ2) is 9.30. The molecule has 3 aromatic carbocycles. The molecule has 4 rings (SSSR count). The number of carbonyl (C=O) groups is 3. The van der Waals surface area contributed by atoms with Crippen LogP contribution >= 0.6 is 0 Å². The highest BCUT2D eigenvalue weighted by Crippen LogP contribution is 2.33. The van der Waals surface area contributed by atoms with Gasteiger partial charge in [0, 0.05) is 12.2 Å². The highest BCUT2D eigenvalue weighted by Gasteiger charge is 2.33. The number of para-hydroxylation sites is 3. The van der Waals surface area contributed by atoms with Crippen molar-refractivity contribution >= 4 is 34.9 Å². The molecule has 162 valence electrons. The van der Waals surface area contributed by atoms with Gasteiger partial charge in [-0.1, -0.05) is 42.5 Å². The Balaban J connectivity index is 1.46. The van der Waals surface area contributed by atoms with E-state index in [0.717, 1.165) is 5.56 Å². The van der Waals surface area contributed by atoms with Crippen molar-refractivity contribution < 1.29 is 18.8 Å². The number of benzene rings is 3. The zero-order valence-corrected chi connectivity index (χ0v) is 17.1. The fraction of sp³-hybridized carbons (Fsp3) is 0.125. The number of nitrogens with zero attached hydrogens (tertiary/aromatic N) is 2. The van der Waals surface area contributed by atoms with Gasteiger partial charge in [0.05, 0.1) is 11.4 Å². The maximum atomic E-state index is 13.0. The van der Waals surface area contributed by atoms with Crippen molar-refractivity contribution in [3.05, 3.63) is 90.2 Å². The van der Waals surface area contributed by atoms with Crippen molar-refractivity contribution in [2.24, 2.45) is 0 Å². The van der Waals surface area contributed by atoms with Crippen LogP contribution in [0.5, 0.6) is 0 Å². The number of amides is 4. The van der Waals surface area contributed by atoms with Crippen molar-refractivity contribution in [3.63, 3.8) is 0 Å². The molecular weight excluding hydrogens is 411 g/mol. The van der Waals surface area contributed by atoms with E-state index in [0.29, 0.717) is 17.1 Å². The van der Waals surface area contributed by atoms with Crippen LogP contribution in [-0.2, 0) is 16.1 Å². The van der Waals surface area contributed by atoms with E-state index in [4.69, 9.17) is 0 Å². The van der Waals surface area contributed by atoms with E-state index in [1.165, 1.54) is 21.9 Å². The van der Waals surface area contributed by atoms with Gasteiger partial charge in [0.1, 0.15) is 18.9 Å². The van der Waals surface area contributed by atoms with Gasteiger partial charge in [-0.05, 0) is 42.0 Å². The summed E-state index contributed by atoms with van der Waals surface area (Å²) in [6.45, 7) is -0.166. The third kappa shape index (κ3) is 4.75. The Kier molecular flexibility index (Phi) is 6.12. The first-order valence-electron chi connectivity index (χ1n) is 10.1. The van der Waals surface area contributed by atoms with Crippen molar-refractivity contribution in [1.29, 1.82) is 0 Å². The minimum atomic E-state index is -0.433. The van der Waals surface area contributed by atoms with Crippen LogP contribution in [0.25, 0.3) is 0 Å². The number of urea groups is 1. The molecule has 7 nitrogen and oxygen atoms in total. The molecule has 1 aliphatic heterocycles. The Morgan fingerprint density at radius 2 is 1.53 bits per heavy atom. The molecule has 0 bridgehead atoms. The second-order valence-corrected chi connectivity index (χ2v) is 7.25. The SMILES string of the molecule is O=C(CN1C(=O)CN(C(=O)Nc2ccccc2)c2ccccc21)NCc1ccc(F)cc1. The Labute approximate surface area is 184 Å². The van der Waals surface area contributed by atoms with Crippen LogP contribution in [0.2, 0.25) is 0 Å². The summed E-state index contributed by atoms with van der Waals surface area (Å²) in [5.74, 6) is -1.08. The van der Waals surface area contributed by atoms with Gasteiger partial charge in [-0.3, -0.25) is 19.4 Å². The fourth-order valence-corrected chi connectivity index (χ4v) is 3.43. The molecule has 0 saturated carbocycles. The standard InChI is InChI=1S/C24H21FN4O3/c25-18-12-10-17(11-13-18)14-26-22(30)15-28-20-8-4-5-9-21(20)29(16-23(28)31)24(32)27-19-6-2-1-3-7-19/h1-13H,14-16H2,(H,26,30)(H,27,32). The molecule has 2 N–H and O–H groups in total. The summed E-state index contributed by atoms with van der Waals surface area (Å²) in [5.41, 5.74) is 2.37. The second-order valence-electron chi connectivity index (χ2n) is 7.25. The van der Waals surface area contributed by atoms with E-state index >= 15 is 0 Å². The largest absolute Gasteiger partial charge is 0.350 e. The van der Waals surface area contributed by atoms with E-state index in [1.54, 1.807) is 60.7 Å². The van der Waals surface area contributed by atoms with Crippen LogP contribution in [0.3, 0.4) is 0 Å². The average Bonchev–Trinajstić information content (AvgIpc) is 2.81. The Morgan fingerprint density at radius 3 is 2.25 bits per heavy atom. The smallest absolute Gasteiger partial charge is 0.326 e. The van der Waals surface area contributed by atoms with Crippen LogP contribution in [0.1, 0.15) is 5.56 Å². The fourth-order valence-electron chi connectivity index (χ4n) is 3.43. The molecule has 0 unspecified atom stereocenters. The number of fused-ring (bicyclic) bond motifs is 1. The van der Waals surface area contributed by atoms with Crippen LogP contribution in [0.4, 0.5) is 26.2 Å². The van der Waals surface area contributed by atoms with Crippen molar-refractivity contribution in [1.82, 2.24) is 5.32 Å². The first-order valence-corrected chi connectivity index (χ1v) is 10.1.